The molecule has 5 heteroatoms. The van der Waals surface area contributed by atoms with Gasteiger partial charge in [-0.1, -0.05) is 36.0 Å². The summed E-state index contributed by atoms with van der Waals surface area (Å²) in [7, 11) is 1.66. The Kier molecular flexibility index (Phi) is 4.22. The molecule has 1 heterocycles. The van der Waals surface area contributed by atoms with Crippen LogP contribution in [0.3, 0.4) is 0 Å². The standard InChI is InChI=1S/C21H16N2O2S/c1-25-15-8-5-13(6-9-15)16-3-2-4-19-17(16)12-23-18-11-14(21(22)24)7-10-20(18)26-19/h2-12H,1H3,(H2,22,24). The number of hydrogen-bond acceptors (Lipinski definition) is 4. The highest BCUT2D eigenvalue weighted by atomic mass is 32.2. The van der Waals surface area contributed by atoms with Crippen molar-refractivity contribution in [3.63, 3.8) is 0 Å². The van der Waals surface area contributed by atoms with Gasteiger partial charge in [0.05, 0.1) is 12.8 Å². The van der Waals surface area contributed by atoms with E-state index in [2.05, 4.69) is 17.1 Å². The fourth-order valence-corrected chi connectivity index (χ4v) is 3.91. The second-order valence-corrected chi connectivity index (χ2v) is 6.94. The number of hydrogen-bond donors (Lipinski definition) is 1. The molecule has 0 aromatic heterocycles. The number of carbonyl (C=O) groups excluding carboxylic acids is 1. The van der Waals surface area contributed by atoms with Crippen molar-refractivity contribution in [2.45, 2.75) is 9.79 Å². The Balaban J connectivity index is 1.80. The summed E-state index contributed by atoms with van der Waals surface area (Å²) in [5.74, 6) is 0.374. The van der Waals surface area contributed by atoms with Crippen LogP contribution in [0.25, 0.3) is 11.1 Å². The predicted octanol–water partition coefficient (Wildman–Crippen LogP) is 4.68. The second-order valence-electron chi connectivity index (χ2n) is 5.85. The molecule has 26 heavy (non-hydrogen) atoms. The zero-order valence-corrected chi connectivity index (χ0v) is 14.9. The van der Waals surface area contributed by atoms with Crippen molar-refractivity contribution in [1.29, 1.82) is 0 Å². The Labute approximate surface area is 155 Å². The molecule has 1 aliphatic heterocycles. The molecule has 0 atom stereocenters. The lowest BCUT2D eigenvalue weighted by atomic mass is 10.00. The van der Waals surface area contributed by atoms with Gasteiger partial charge < -0.3 is 10.5 Å². The molecule has 0 bridgehead atoms. The minimum Gasteiger partial charge on any atom is -0.497 e. The molecule has 2 N–H and O–H groups in total. The van der Waals surface area contributed by atoms with E-state index in [1.807, 2.05) is 42.6 Å². The first kappa shape index (κ1) is 16.4. The highest BCUT2D eigenvalue weighted by molar-refractivity contribution is 7.99. The first-order valence-corrected chi connectivity index (χ1v) is 8.90. The van der Waals surface area contributed by atoms with Crippen molar-refractivity contribution in [2.24, 2.45) is 10.7 Å². The summed E-state index contributed by atoms with van der Waals surface area (Å²) in [6.07, 6.45) is 1.86. The van der Waals surface area contributed by atoms with Crippen LogP contribution < -0.4 is 10.5 Å². The number of rotatable bonds is 3. The highest BCUT2D eigenvalue weighted by Gasteiger charge is 2.16. The number of nitrogens with zero attached hydrogens (tertiary/aromatic N) is 1. The Morgan fingerprint density at radius 1 is 1.04 bits per heavy atom. The van der Waals surface area contributed by atoms with Crippen LogP contribution in [0.5, 0.6) is 5.75 Å². The van der Waals surface area contributed by atoms with Gasteiger partial charge in [-0.05, 0) is 47.5 Å². The molecule has 0 spiro atoms. The molecule has 0 fully saturated rings. The molecule has 128 valence electrons. The van der Waals surface area contributed by atoms with Crippen molar-refractivity contribution in [3.05, 3.63) is 71.8 Å². The van der Waals surface area contributed by atoms with Crippen LogP contribution in [0.4, 0.5) is 5.69 Å². The van der Waals surface area contributed by atoms with Gasteiger partial charge in [-0.3, -0.25) is 9.79 Å². The average molecular weight is 360 g/mol. The van der Waals surface area contributed by atoms with E-state index in [1.54, 1.807) is 31.0 Å². The second kappa shape index (κ2) is 6.69. The van der Waals surface area contributed by atoms with Gasteiger partial charge in [0.25, 0.3) is 0 Å². The molecule has 1 aliphatic rings. The first-order chi connectivity index (χ1) is 12.7. The molecule has 3 aromatic rings. The molecule has 1 amide bonds. The average Bonchev–Trinajstić information content (AvgIpc) is 2.86. The first-order valence-electron chi connectivity index (χ1n) is 8.09. The zero-order valence-electron chi connectivity index (χ0n) is 14.1. The quantitative estimate of drug-likeness (QED) is 0.577. The summed E-state index contributed by atoms with van der Waals surface area (Å²) in [4.78, 5) is 18.2. The monoisotopic (exact) mass is 360 g/mol. The van der Waals surface area contributed by atoms with Crippen LogP contribution in [0, 0.1) is 0 Å². The van der Waals surface area contributed by atoms with Gasteiger partial charge in [-0.25, -0.2) is 0 Å². The fourth-order valence-electron chi connectivity index (χ4n) is 2.90. The molecule has 0 aliphatic carbocycles. The van der Waals surface area contributed by atoms with E-state index in [0.717, 1.165) is 37.9 Å². The maximum absolute atomic E-state index is 11.4. The summed E-state index contributed by atoms with van der Waals surface area (Å²) in [6.45, 7) is 0. The van der Waals surface area contributed by atoms with E-state index in [4.69, 9.17) is 10.5 Å². The minimum atomic E-state index is -0.450. The van der Waals surface area contributed by atoms with Crippen LogP contribution in [0.2, 0.25) is 0 Å². The van der Waals surface area contributed by atoms with Gasteiger partial charge >= 0.3 is 0 Å². The van der Waals surface area contributed by atoms with Gasteiger partial charge in [0.15, 0.2) is 0 Å². The van der Waals surface area contributed by atoms with Gasteiger partial charge in [-0.2, -0.15) is 0 Å². The number of benzene rings is 3. The maximum Gasteiger partial charge on any atom is 0.248 e. The number of amides is 1. The topological polar surface area (TPSA) is 64.7 Å². The Morgan fingerprint density at radius 2 is 1.85 bits per heavy atom. The van der Waals surface area contributed by atoms with Crippen LogP contribution in [-0.2, 0) is 0 Å². The summed E-state index contributed by atoms with van der Waals surface area (Å²) >= 11 is 1.64. The third kappa shape index (κ3) is 2.97. The molecular weight excluding hydrogens is 344 g/mol. The lowest BCUT2D eigenvalue weighted by Crippen LogP contribution is -2.10. The van der Waals surface area contributed by atoms with Crippen molar-refractivity contribution in [1.82, 2.24) is 0 Å². The third-order valence-corrected chi connectivity index (χ3v) is 5.40. The maximum atomic E-state index is 11.4. The Morgan fingerprint density at radius 3 is 2.58 bits per heavy atom. The number of primary amides is 1. The lowest BCUT2D eigenvalue weighted by Gasteiger charge is -2.10. The number of fused-ring (bicyclic) bond motifs is 2. The van der Waals surface area contributed by atoms with Gasteiger partial charge in [0.1, 0.15) is 5.75 Å². The largest absolute Gasteiger partial charge is 0.497 e. The van der Waals surface area contributed by atoms with E-state index in [-0.39, 0.29) is 0 Å². The minimum absolute atomic E-state index is 0.450. The molecule has 0 unspecified atom stereocenters. The number of carbonyl (C=O) groups is 1. The Hall–Kier alpha value is -3.05. The van der Waals surface area contributed by atoms with Gasteiger partial charge in [0.2, 0.25) is 5.91 Å². The summed E-state index contributed by atoms with van der Waals surface area (Å²) < 4.78 is 5.24. The third-order valence-electron chi connectivity index (χ3n) is 4.26. The van der Waals surface area contributed by atoms with Crippen LogP contribution in [0.1, 0.15) is 15.9 Å². The molecule has 3 aromatic carbocycles. The van der Waals surface area contributed by atoms with Crippen molar-refractivity contribution in [3.8, 4) is 16.9 Å². The molecular formula is C21H16N2O2S. The summed E-state index contributed by atoms with van der Waals surface area (Å²) in [6, 6.07) is 19.5. The van der Waals surface area contributed by atoms with Crippen LogP contribution >= 0.6 is 11.8 Å². The summed E-state index contributed by atoms with van der Waals surface area (Å²) in [5, 5.41) is 0. The molecule has 0 saturated carbocycles. The smallest absolute Gasteiger partial charge is 0.248 e. The van der Waals surface area contributed by atoms with Gasteiger partial charge in [-0.15, -0.1) is 0 Å². The molecule has 0 saturated heterocycles. The van der Waals surface area contributed by atoms with E-state index in [0.29, 0.717) is 5.56 Å². The number of methoxy groups -OCH3 is 1. The highest BCUT2D eigenvalue weighted by Crippen LogP contribution is 2.42. The normalized spacial score (nSPS) is 12.0. The van der Waals surface area contributed by atoms with Crippen molar-refractivity contribution in [2.75, 3.05) is 7.11 Å². The van der Waals surface area contributed by atoms with Crippen LogP contribution in [-0.4, -0.2) is 19.2 Å². The zero-order chi connectivity index (χ0) is 18.1. The molecule has 0 radical (unpaired) electrons. The van der Waals surface area contributed by atoms with E-state index in [9.17, 15) is 4.79 Å². The number of aliphatic imine (C=N–C) groups is 1. The van der Waals surface area contributed by atoms with E-state index < -0.39 is 5.91 Å². The van der Waals surface area contributed by atoms with Crippen molar-refractivity contribution >= 4 is 29.6 Å². The fraction of sp³-hybridized carbons (Fsp3) is 0.0476. The lowest BCUT2D eigenvalue weighted by molar-refractivity contribution is 0.100. The summed E-state index contributed by atoms with van der Waals surface area (Å²) in [5.41, 5.74) is 9.85. The number of nitrogens with two attached hydrogens (primary N) is 1. The van der Waals surface area contributed by atoms with Crippen molar-refractivity contribution < 1.29 is 9.53 Å². The SMILES string of the molecule is COc1ccc(-c2cccc3c2C=Nc2cc(C(N)=O)ccc2S3)cc1. The molecule has 4 nitrogen and oxygen atoms in total. The van der Waals surface area contributed by atoms with E-state index in [1.165, 1.54) is 0 Å². The number of ether oxygens (including phenoxy) is 1. The van der Waals surface area contributed by atoms with Gasteiger partial charge in [0, 0.05) is 27.1 Å². The van der Waals surface area contributed by atoms with Crippen LogP contribution in [0.15, 0.2) is 75.4 Å². The van der Waals surface area contributed by atoms with E-state index >= 15 is 0 Å². The Bertz CT molecular complexity index is 1030. The predicted molar refractivity (Wildman–Crippen MR) is 105 cm³/mol. The molecule has 4 rings (SSSR count).